The van der Waals surface area contributed by atoms with Crippen LogP contribution in [0.2, 0.25) is 0 Å². The molecule has 2 rings (SSSR count). The van der Waals surface area contributed by atoms with E-state index in [0.29, 0.717) is 0 Å². The van der Waals surface area contributed by atoms with E-state index in [9.17, 15) is 0 Å². The summed E-state index contributed by atoms with van der Waals surface area (Å²) in [6, 6.07) is 8.61. The molecular formula is C42H72. The predicted molar refractivity (Wildman–Crippen MR) is 204 cm³/mol. The number of aryl methyl sites for hydroxylation is 1. The Kier molecular flexibility index (Phi) is 42.1. The van der Waals surface area contributed by atoms with E-state index in [2.05, 4.69) is 116 Å². The molecule has 0 saturated heterocycles. The molecule has 0 heteroatoms. The van der Waals surface area contributed by atoms with Crippen molar-refractivity contribution in [2.24, 2.45) is 0 Å². The molecule has 1 aliphatic carbocycles. The first-order valence-electron chi connectivity index (χ1n) is 16.7. The average Bonchev–Trinajstić information content (AvgIpc) is 3.93. The standard InChI is InChI=1S/C29H36.C3H6.5C2H6/c1-10-15-26(20-24(9)25-18-14-17-22(7)19-25)27(13-4)29(23(8)12-3)28(16-11-2)21(5)6;1-2-3-1;5*1-2/h10-20H,1,3H2,2,4-9H3;1-3H2;5*1-2H3/b16-11-,24-20+,26-15+,27-13-,29-23+;;;;;;. The van der Waals surface area contributed by atoms with E-state index in [1.165, 1.54) is 58.3 Å². The van der Waals surface area contributed by atoms with Gasteiger partial charge in [0.05, 0.1) is 0 Å². The first kappa shape index (κ1) is 48.8. The Hall–Kier alpha value is -2.86. The van der Waals surface area contributed by atoms with E-state index in [1.807, 2.05) is 81.4 Å². The fraction of sp³-hybridized carbons (Fsp3) is 0.476. The molecule has 0 unspecified atom stereocenters. The summed E-state index contributed by atoms with van der Waals surface area (Å²) in [5.74, 6) is 0. The van der Waals surface area contributed by atoms with Crippen LogP contribution >= 0.6 is 0 Å². The Morgan fingerprint density at radius 3 is 1.60 bits per heavy atom. The Morgan fingerprint density at radius 1 is 0.762 bits per heavy atom. The zero-order valence-corrected chi connectivity index (χ0v) is 31.4. The molecule has 0 N–H and O–H groups in total. The van der Waals surface area contributed by atoms with Gasteiger partial charge in [-0.1, -0.05) is 180 Å². The van der Waals surface area contributed by atoms with Crippen LogP contribution in [0.4, 0.5) is 0 Å². The van der Waals surface area contributed by atoms with Crippen molar-refractivity contribution >= 4 is 5.57 Å². The quantitative estimate of drug-likeness (QED) is 0.270. The van der Waals surface area contributed by atoms with Crippen LogP contribution in [0.5, 0.6) is 0 Å². The van der Waals surface area contributed by atoms with Crippen molar-refractivity contribution < 1.29 is 0 Å². The lowest BCUT2D eigenvalue weighted by atomic mass is 9.85. The van der Waals surface area contributed by atoms with E-state index in [-0.39, 0.29) is 0 Å². The van der Waals surface area contributed by atoms with E-state index < -0.39 is 0 Å². The lowest BCUT2D eigenvalue weighted by Crippen LogP contribution is -2.01. The van der Waals surface area contributed by atoms with Gasteiger partial charge in [-0.3, -0.25) is 0 Å². The second kappa shape index (κ2) is 36.2. The van der Waals surface area contributed by atoms with Crippen LogP contribution in [0.15, 0.2) is 113 Å². The van der Waals surface area contributed by atoms with E-state index in [1.54, 1.807) is 0 Å². The van der Waals surface area contributed by atoms with Crippen LogP contribution in [-0.4, -0.2) is 0 Å². The highest BCUT2D eigenvalue weighted by atomic mass is 14.2. The first-order chi connectivity index (χ1) is 20.3. The van der Waals surface area contributed by atoms with Crippen LogP contribution in [0.1, 0.15) is 141 Å². The normalized spacial score (nSPS) is 12.1. The molecule has 0 radical (unpaired) electrons. The topological polar surface area (TPSA) is 0 Å². The first-order valence-corrected chi connectivity index (χ1v) is 16.7. The monoisotopic (exact) mass is 577 g/mol. The zero-order valence-electron chi connectivity index (χ0n) is 31.4. The molecular weight excluding hydrogens is 504 g/mol. The molecule has 1 saturated carbocycles. The molecule has 0 aromatic heterocycles. The van der Waals surface area contributed by atoms with Crippen LogP contribution in [0, 0.1) is 6.92 Å². The SMILES string of the molecule is C1CC1.C=C/C=C(\C=C(/C)c1cccc(C)c1)C(=C/C)/C(C(/C=C\C)=C(C)C)=C(/C)C=C.CC.CC.CC.CC.CC. The van der Waals surface area contributed by atoms with Crippen molar-refractivity contribution in [1.29, 1.82) is 0 Å². The maximum absolute atomic E-state index is 4.04. The Balaban J connectivity index is -0.000000300. The maximum Gasteiger partial charge on any atom is -0.00804 e. The average molecular weight is 577 g/mol. The molecule has 0 bridgehead atoms. The van der Waals surface area contributed by atoms with Gasteiger partial charge in [-0.25, -0.2) is 0 Å². The zero-order chi connectivity index (χ0) is 34.1. The van der Waals surface area contributed by atoms with Gasteiger partial charge >= 0.3 is 0 Å². The van der Waals surface area contributed by atoms with Gasteiger partial charge in [-0.2, -0.15) is 0 Å². The van der Waals surface area contributed by atoms with Crippen LogP contribution < -0.4 is 0 Å². The van der Waals surface area contributed by atoms with Crippen LogP contribution in [0.25, 0.3) is 5.57 Å². The smallest absolute Gasteiger partial charge is 0.00804 e. The summed E-state index contributed by atoms with van der Waals surface area (Å²) < 4.78 is 0. The third-order valence-corrected chi connectivity index (χ3v) is 5.21. The second-order valence-electron chi connectivity index (χ2n) is 8.49. The maximum atomic E-state index is 4.04. The third kappa shape index (κ3) is 22.8. The summed E-state index contributed by atoms with van der Waals surface area (Å²) in [6.07, 6.45) is 19.1. The lowest BCUT2D eigenvalue weighted by Gasteiger charge is -2.19. The minimum atomic E-state index is 1.14. The molecule has 0 nitrogen and oxygen atoms in total. The van der Waals surface area contributed by atoms with Gasteiger partial charge in [0.2, 0.25) is 0 Å². The minimum Gasteiger partial charge on any atom is -0.0990 e. The molecule has 0 heterocycles. The Labute approximate surface area is 266 Å². The van der Waals surface area contributed by atoms with Gasteiger partial charge < -0.3 is 0 Å². The van der Waals surface area contributed by atoms with E-state index in [0.717, 1.165) is 11.1 Å². The molecule has 1 aromatic carbocycles. The Morgan fingerprint density at radius 2 is 1.26 bits per heavy atom. The summed E-state index contributed by atoms with van der Waals surface area (Å²) in [7, 11) is 0. The highest BCUT2D eigenvalue weighted by Gasteiger charge is 2.15. The van der Waals surface area contributed by atoms with E-state index >= 15 is 0 Å². The van der Waals surface area contributed by atoms with Crippen LogP contribution in [0.3, 0.4) is 0 Å². The molecule has 1 aliphatic rings. The van der Waals surface area contributed by atoms with Crippen molar-refractivity contribution in [2.45, 2.75) is 137 Å². The highest BCUT2D eigenvalue weighted by Crippen LogP contribution is 2.34. The number of benzene rings is 1. The number of allylic oxidation sites excluding steroid dienone is 14. The number of hydrogen-bond donors (Lipinski definition) is 0. The van der Waals surface area contributed by atoms with Crippen molar-refractivity contribution in [2.75, 3.05) is 0 Å². The van der Waals surface area contributed by atoms with E-state index in [4.69, 9.17) is 0 Å². The largest absolute Gasteiger partial charge is 0.0990 e. The summed E-state index contributed by atoms with van der Waals surface area (Å²) in [5.41, 5.74) is 10.9. The molecule has 0 atom stereocenters. The molecule has 0 amide bonds. The molecule has 0 aliphatic heterocycles. The van der Waals surface area contributed by atoms with Gasteiger partial charge in [-0.05, 0) is 87.5 Å². The third-order valence-electron chi connectivity index (χ3n) is 5.21. The molecule has 42 heavy (non-hydrogen) atoms. The van der Waals surface area contributed by atoms with Gasteiger partial charge in [0.1, 0.15) is 0 Å². The number of rotatable bonds is 8. The van der Waals surface area contributed by atoms with Crippen molar-refractivity contribution in [3.63, 3.8) is 0 Å². The minimum absolute atomic E-state index is 1.14. The highest BCUT2D eigenvalue weighted by molar-refractivity contribution is 5.73. The fourth-order valence-corrected chi connectivity index (χ4v) is 3.34. The predicted octanol–water partition coefficient (Wildman–Crippen LogP) is 15.2. The summed E-state index contributed by atoms with van der Waals surface area (Å²) in [4.78, 5) is 0. The van der Waals surface area contributed by atoms with Gasteiger partial charge in [0.15, 0.2) is 0 Å². The lowest BCUT2D eigenvalue weighted by molar-refractivity contribution is 1.24. The molecule has 0 spiro atoms. The summed E-state index contributed by atoms with van der Waals surface area (Å²) in [6.45, 7) is 42.9. The fourth-order valence-electron chi connectivity index (χ4n) is 3.34. The van der Waals surface area contributed by atoms with Crippen molar-refractivity contribution in [3.05, 3.63) is 125 Å². The molecule has 1 aromatic rings. The summed E-state index contributed by atoms with van der Waals surface area (Å²) >= 11 is 0. The van der Waals surface area contributed by atoms with Gasteiger partial charge in [-0.15, -0.1) is 0 Å². The second-order valence-corrected chi connectivity index (χ2v) is 8.49. The number of hydrogen-bond acceptors (Lipinski definition) is 0. The van der Waals surface area contributed by atoms with Crippen molar-refractivity contribution in [1.82, 2.24) is 0 Å². The van der Waals surface area contributed by atoms with Crippen molar-refractivity contribution in [3.8, 4) is 0 Å². The van der Waals surface area contributed by atoms with Gasteiger partial charge in [0.25, 0.3) is 0 Å². The molecule has 240 valence electrons. The Bertz CT molecular complexity index is 972. The van der Waals surface area contributed by atoms with Crippen LogP contribution in [-0.2, 0) is 0 Å². The van der Waals surface area contributed by atoms with Gasteiger partial charge in [0, 0.05) is 0 Å². The summed E-state index contributed by atoms with van der Waals surface area (Å²) in [5, 5.41) is 0. The molecule has 1 fully saturated rings.